The van der Waals surface area contributed by atoms with E-state index >= 15 is 0 Å². The number of imidazole rings is 1. The van der Waals surface area contributed by atoms with Gasteiger partial charge in [0.2, 0.25) is 5.91 Å². The van der Waals surface area contributed by atoms with Crippen molar-refractivity contribution in [3.05, 3.63) is 17.7 Å². The zero-order valence-corrected chi connectivity index (χ0v) is 12.9. The molecule has 0 aromatic carbocycles. The van der Waals surface area contributed by atoms with E-state index < -0.39 is 18.0 Å². The minimum absolute atomic E-state index is 0.110. The fourth-order valence-electron chi connectivity index (χ4n) is 3.19. The summed E-state index contributed by atoms with van der Waals surface area (Å²) < 4.78 is 45.0. The third kappa shape index (κ3) is 3.52. The van der Waals surface area contributed by atoms with Gasteiger partial charge in [0.1, 0.15) is 11.9 Å². The van der Waals surface area contributed by atoms with E-state index in [1.54, 1.807) is 4.57 Å². The lowest BCUT2D eigenvalue weighted by molar-refractivity contribution is -0.141. The van der Waals surface area contributed by atoms with Gasteiger partial charge in [0.05, 0.1) is 0 Å². The quantitative estimate of drug-likeness (QED) is 0.922. The van der Waals surface area contributed by atoms with Crippen LogP contribution in [0.3, 0.4) is 0 Å². The summed E-state index contributed by atoms with van der Waals surface area (Å²) in [6, 6.07) is 0. The monoisotopic (exact) mass is 331 g/mol. The van der Waals surface area contributed by atoms with Crippen molar-refractivity contribution in [2.75, 3.05) is 13.2 Å². The number of ether oxygens (including phenoxy) is 1. The Morgan fingerprint density at radius 2 is 2.26 bits per heavy atom. The molecule has 0 radical (unpaired) electrons. The second-order valence-corrected chi connectivity index (χ2v) is 6.40. The van der Waals surface area contributed by atoms with Crippen LogP contribution in [0, 0.1) is 11.8 Å². The van der Waals surface area contributed by atoms with E-state index in [4.69, 9.17) is 4.74 Å². The highest BCUT2D eigenvalue weighted by molar-refractivity contribution is 5.81. The van der Waals surface area contributed by atoms with Crippen LogP contribution in [-0.2, 0) is 28.7 Å². The van der Waals surface area contributed by atoms with Crippen molar-refractivity contribution in [3.8, 4) is 0 Å². The number of nitrogens with one attached hydrogen (secondary N) is 1. The first-order valence-corrected chi connectivity index (χ1v) is 7.87. The van der Waals surface area contributed by atoms with Crippen LogP contribution in [0.2, 0.25) is 0 Å². The Hall–Kier alpha value is -1.57. The molecule has 8 heteroatoms. The summed E-state index contributed by atoms with van der Waals surface area (Å²) in [5.41, 5.74) is -0.842. The van der Waals surface area contributed by atoms with Crippen LogP contribution in [-0.4, -0.2) is 34.7 Å². The molecule has 0 bridgehead atoms. The van der Waals surface area contributed by atoms with Gasteiger partial charge in [0, 0.05) is 32.3 Å². The number of aromatic nitrogens is 2. The highest BCUT2D eigenvalue weighted by atomic mass is 19.4. The van der Waals surface area contributed by atoms with Crippen molar-refractivity contribution >= 4 is 5.91 Å². The van der Waals surface area contributed by atoms with Crippen LogP contribution in [0.1, 0.15) is 31.3 Å². The summed E-state index contributed by atoms with van der Waals surface area (Å²) in [7, 11) is 0. The average molecular weight is 331 g/mol. The second-order valence-electron chi connectivity index (χ2n) is 6.40. The van der Waals surface area contributed by atoms with Crippen LogP contribution in [0.25, 0.3) is 0 Å². The van der Waals surface area contributed by atoms with Crippen molar-refractivity contribution < 1.29 is 22.7 Å². The minimum Gasteiger partial charge on any atom is -0.368 e. The first-order valence-electron chi connectivity index (χ1n) is 7.87. The van der Waals surface area contributed by atoms with Crippen LogP contribution < -0.4 is 5.32 Å². The Kier molecular flexibility index (Phi) is 4.35. The molecular formula is C15H20F3N3O2. The van der Waals surface area contributed by atoms with Crippen LogP contribution in [0.5, 0.6) is 0 Å². The average Bonchev–Trinajstić information content (AvgIpc) is 3.09. The third-order valence-electron chi connectivity index (χ3n) is 4.59. The molecule has 1 N–H and O–H groups in total. The van der Waals surface area contributed by atoms with Crippen molar-refractivity contribution in [2.24, 2.45) is 11.8 Å². The Bertz CT molecular complexity index is 585. The Morgan fingerprint density at radius 3 is 2.91 bits per heavy atom. The van der Waals surface area contributed by atoms with E-state index in [1.807, 2.05) is 6.92 Å². The maximum atomic E-state index is 12.7. The molecule has 128 valence electrons. The lowest BCUT2D eigenvalue weighted by atomic mass is 9.98. The summed E-state index contributed by atoms with van der Waals surface area (Å²) in [5.74, 6) is 0.657. The van der Waals surface area contributed by atoms with E-state index in [1.165, 1.54) is 0 Å². The maximum Gasteiger partial charge on any atom is 0.434 e. The van der Waals surface area contributed by atoms with E-state index in [0.29, 0.717) is 31.9 Å². The van der Waals surface area contributed by atoms with Crippen molar-refractivity contribution in [3.63, 3.8) is 0 Å². The Labute approximate surface area is 132 Å². The fourth-order valence-corrected chi connectivity index (χ4v) is 3.19. The molecule has 3 atom stereocenters. The molecule has 1 aromatic rings. The number of hydrogen-bond acceptors (Lipinski definition) is 3. The number of amides is 1. The third-order valence-corrected chi connectivity index (χ3v) is 4.59. The molecule has 0 spiro atoms. The topological polar surface area (TPSA) is 56.1 Å². The molecule has 2 aliphatic heterocycles. The normalized spacial score (nSPS) is 27.7. The molecule has 3 rings (SSSR count). The molecule has 1 saturated heterocycles. The summed E-state index contributed by atoms with van der Waals surface area (Å²) >= 11 is 0. The fraction of sp³-hybridized carbons (Fsp3) is 0.733. The highest BCUT2D eigenvalue weighted by Crippen LogP contribution is 2.30. The highest BCUT2D eigenvalue weighted by Gasteiger charge is 2.36. The molecule has 1 aromatic heterocycles. The summed E-state index contributed by atoms with van der Waals surface area (Å²) in [6.07, 6.45) is -1.67. The molecule has 1 fully saturated rings. The van der Waals surface area contributed by atoms with Crippen LogP contribution >= 0.6 is 0 Å². The lowest BCUT2D eigenvalue weighted by Crippen LogP contribution is -2.41. The number of rotatable bonds is 3. The van der Waals surface area contributed by atoms with Crippen molar-refractivity contribution in [2.45, 2.75) is 45.0 Å². The smallest absolute Gasteiger partial charge is 0.368 e. The molecule has 23 heavy (non-hydrogen) atoms. The van der Waals surface area contributed by atoms with Gasteiger partial charge in [-0.25, -0.2) is 4.98 Å². The zero-order valence-electron chi connectivity index (χ0n) is 12.9. The van der Waals surface area contributed by atoms with Gasteiger partial charge in [0.25, 0.3) is 0 Å². The maximum absolute atomic E-state index is 12.7. The standard InChI is InChI=1S/C15H20F3N3O2/c1-9-4-5-23-13(9)14(22)19-6-10-2-3-12-20-11(15(16,17)18)8-21(12)7-10/h8-10,13H,2-7H2,1H3,(H,19,22). The molecule has 0 aliphatic carbocycles. The van der Waals surface area contributed by atoms with Gasteiger partial charge in [0.15, 0.2) is 5.69 Å². The Morgan fingerprint density at radius 1 is 1.48 bits per heavy atom. The van der Waals surface area contributed by atoms with Gasteiger partial charge in [-0.2, -0.15) is 13.2 Å². The molecular weight excluding hydrogens is 311 g/mol. The van der Waals surface area contributed by atoms with Gasteiger partial charge in [-0.3, -0.25) is 4.79 Å². The SMILES string of the molecule is CC1CCOC1C(=O)NCC1CCc2nc(C(F)(F)F)cn2C1. The number of alkyl halides is 3. The number of carbonyl (C=O) groups is 1. The number of fused-ring (bicyclic) bond motifs is 1. The first-order chi connectivity index (χ1) is 10.8. The lowest BCUT2D eigenvalue weighted by Gasteiger charge is -2.24. The van der Waals surface area contributed by atoms with Crippen molar-refractivity contribution in [1.82, 2.24) is 14.9 Å². The van der Waals surface area contributed by atoms with Gasteiger partial charge < -0.3 is 14.6 Å². The van der Waals surface area contributed by atoms with Gasteiger partial charge in [-0.15, -0.1) is 0 Å². The Balaban J connectivity index is 1.55. The van der Waals surface area contributed by atoms with E-state index in [2.05, 4.69) is 10.3 Å². The number of halogens is 3. The minimum atomic E-state index is -4.41. The first kappa shape index (κ1) is 16.3. The largest absolute Gasteiger partial charge is 0.434 e. The van der Waals surface area contributed by atoms with E-state index in [0.717, 1.165) is 19.0 Å². The predicted octanol–water partition coefficient (Wildman–Crippen LogP) is 2.01. The zero-order chi connectivity index (χ0) is 16.6. The molecule has 1 amide bonds. The van der Waals surface area contributed by atoms with Crippen LogP contribution in [0.4, 0.5) is 13.2 Å². The number of carbonyl (C=O) groups excluding carboxylic acids is 1. The molecule has 2 aliphatic rings. The summed E-state index contributed by atoms with van der Waals surface area (Å²) in [6.45, 7) is 3.47. The van der Waals surface area contributed by atoms with Gasteiger partial charge in [-0.1, -0.05) is 6.92 Å². The second kappa shape index (κ2) is 6.14. The summed E-state index contributed by atoms with van der Waals surface area (Å²) in [4.78, 5) is 15.7. The number of hydrogen-bond donors (Lipinski definition) is 1. The van der Waals surface area contributed by atoms with Gasteiger partial charge in [-0.05, 0) is 24.7 Å². The molecule has 3 heterocycles. The number of nitrogens with zero attached hydrogens (tertiary/aromatic N) is 2. The predicted molar refractivity (Wildman–Crippen MR) is 75.6 cm³/mol. The molecule has 5 nitrogen and oxygen atoms in total. The molecule has 3 unspecified atom stereocenters. The van der Waals surface area contributed by atoms with Gasteiger partial charge >= 0.3 is 6.18 Å². The number of aryl methyl sites for hydroxylation is 1. The van der Waals surface area contributed by atoms with E-state index in [-0.39, 0.29) is 17.7 Å². The molecule has 0 saturated carbocycles. The summed E-state index contributed by atoms with van der Waals surface area (Å²) in [5, 5.41) is 2.87. The van der Waals surface area contributed by atoms with Crippen LogP contribution in [0.15, 0.2) is 6.20 Å². The van der Waals surface area contributed by atoms with Crippen molar-refractivity contribution in [1.29, 1.82) is 0 Å². The van der Waals surface area contributed by atoms with E-state index in [9.17, 15) is 18.0 Å².